The van der Waals surface area contributed by atoms with Crippen molar-refractivity contribution >= 4 is 35.5 Å². The Bertz CT molecular complexity index is 1160. The number of rotatable bonds is 6. The van der Waals surface area contributed by atoms with Gasteiger partial charge in [0.25, 0.3) is 0 Å². The molecule has 0 radical (unpaired) electrons. The SMILES string of the molecule is C=C(C)C(=O)O.C=C(C)C(=O)OC.C=C(C)c1ccccc1.C=CC(=O)O.C=COC(C)=O.C=Cc1ccccc1C. The third kappa shape index (κ3) is 32.8. The number of carboxylic acids is 2. The summed E-state index contributed by atoms with van der Waals surface area (Å²) in [5.74, 6) is -2.59. The molecule has 0 saturated heterocycles. The Morgan fingerprint density at radius 1 is 0.762 bits per heavy atom. The van der Waals surface area contributed by atoms with Crippen molar-refractivity contribution in [2.24, 2.45) is 0 Å². The van der Waals surface area contributed by atoms with Crippen LogP contribution in [-0.2, 0) is 28.7 Å². The van der Waals surface area contributed by atoms with E-state index in [0.717, 1.165) is 17.9 Å². The minimum Gasteiger partial charge on any atom is -0.478 e. The van der Waals surface area contributed by atoms with E-state index in [1.165, 1.54) is 37.6 Å². The average Bonchev–Trinajstić information content (AvgIpc) is 2.94. The Kier molecular flexibility index (Phi) is 30.0. The number of methoxy groups -OCH3 is 1. The molecule has 8 nitrogen and oxygen atoms in total. The largest absolute Gasteiger partial charge is 0.478 e. The highest BCUT2D eigenvalue weighted by Crippen LogP contribution is 2.08. The molecular formula is C34H44O8. The summed E-state index contributed by atoms with van der Waals surface area (Å²) in [6, 6.07) is 18.3. The van der Waals surface area contributed by atoms with Gasteiger partial charge >= 0.3 is 23.9 Å². The van der Waals surface area contributed by atoms with Gasteiger partial charge in [0.1, 0.15) is 0 Å². The lowest BCUT2D eigenvalue weighted by molar-refractivity contribution is -0.136. The normalized spacial score (nSPS) is 7.95. The zero-order chi connectivity index (χ0) is 33.7. The zero-order valence-corrected chi connectivity index (χ0v) is 25.5. The number of aliphatic carboxylic acids is 2. The second-order valence-electron chi connectivity index (χ2n) is 7.88. The maximum absolute atomic E-state index is 10.2. The van der Waals surface area contributed by atoms with E-state index < -0.39 is 11.9 Å². The molecule has 2 aromatic carbocycles. The van der Waals surface area contributed by atoms with Crippen LogP contribution in [-0.4, -0.2) is 41.2 Å². The van der Waals surface area contributed by atoms with Crippen molar-refractivity contribution in [1.29, 1.82) is 0 Å². The Morgan fingerprint density at radius 3 is 1.36 bits per heavy atom. The fourth-order valence-corrected chi connectivity index (χ4v) is 1.83. The first-order chi connectivity index (χ1) is 19.5. The number of hydrogen-bond acceptors (Lipinski definition) is 6. The molecule has 0 spiro atoms. The number of hydrogen-bond donors (Lipinski definition) is 2. The lowest BCUT2D eigenvalue weighted by Crippen LogP contribution is -1.98. The van der Waals surface area contributed by atoms with Crippen molar-refractivity contribution in [3.05, 3.63) is 134 Å². The molecule has 8 heteroatoms. The molecule has 0 amide bonds. The molecule has 228 valence electrons. The monoisotopic (exact) mass is 580 g/mol. The number of esters is 2. The predicted molar refractivity (Wildman–Crippen MR) is 171 cm³/mol. The quantitative estimate of drug-likeness (QED) is 0.202. The van der Waals surface area contributed by atoms with Crippen LogP contribution in [0.15, 0.2) is 118 Å². The summed E-state index contributed by atoms with van der Waals surface area (Å²) >= 11 is 0. The summed E-state index contributed by atoms with van der Waals surface area (Å²) in [4.78, 5) is 38.8. The lowest BCUT2D eigenvalue weighted by Gasteiger charge is -1.95. The van der Waals surface area contributed by atoms with Crippen molar-refractivity contribution in [3.63, 3.8) is 0 Å². The van der Waals surface area contributed by atoms with E-state index in [-0.39, 0.29) is 17.5 Å². The van der Waals surface area contributed by atoms with E-state index in [9.17, 15) is 19.2 Å². The highest BCUT2D eigenvalue weighted by molar-refractivity contribution is 5.86. The van der Waals surface area contributed by atoms with Crippen LogP contribution >= 0.6 is 0 Å². The summed E-state index contributed by atoms with van der Waals surface area (Å²) in [5.41, 5.74) is 5.45. The summed E-state index contributed by atoms with van der Waals surface area (Å²) < 4.78 is 8.44. The van der Waals surface area contributed by atoms with Gasteiger partial charge in [0.15, 0.2) is 0 Å². The molecule has 0 unspecified atom stereocenters. The van der Waals surface area contributed by atoms with Crippen LogP contribution in [0.5, 0.6) is 0 Å². The Labute approximate surface area is 250 Å². The smallest absolute Gasteiger partial charge is 0.332 e. The van der Waals surface area contributed by atoms with Gasteiger partial charge in [0.05, 0.1) is 13.4 Å². The van der Waals surface area contributed by atoms with Gasteiger partial charge in [0, 0.05) is 24.1 Å². The topological polar surface area (TPSA) is 127 Å². The minimum absolute atomic E-state index is 0.176. The van der Waals surface area contributed by atoms with Gasteiger partial charge in [0.2, 0.25) is 0 Å². The molecule has 2 rings (SSSR count). The Hall–Kier alpha value is -5.24. The maximum Gasteiger partial charge on any atom is 0.332 e. The third-order valence-corrected chi connectivity index (χ3v) is 4.00. The number of allylic oxidation sites excluding steroid dienone is 1. The van der Waals surface area contributed by atoms with Crippen LogP contribution < -0.4 is 0 Å². The number of aryl methyl sites for hydroxylation is 1. The number of carbonyl (C=O) groups is 4. The fourth-order valence-electron chi connectivity index (χ4n) is 1.83. The van der Waals surface area contributed by atoms with E-state index in [0.29, 0.717) is 5.57 Å². The van der Waals surface area contributed by atoms with Crippen LogP contribution in [0.25, 0.3) is 11.6 Å². The highest BCUT2D eigenvalue weighted by Gasteiger charge is 1.95. The van der Waals surface area contributed by atoms with Crippen molar-refractivity contribution in [2.75, 3.05) is 7.11 Å². The van der Waals surface area contributed by atoms with Gasteiger partial charge in [-0.2, -0.15) is 0 Å². The number of benzene rings is 2. The molecule has 0 fully saturated rings. The van der Waals surface area contributed by atoms with Crippen molar-refractivity contribution < 1.29 is 38.9 Å². The molecule has 0 aliphatic heterocycles. The van der Waals surface area contributed by atoms with E-state index in [2.05, 4.69) is 80.1 Å². The van der Waals surface area contributed by atoms with Gasteiger partial charge in [-0.1, -0.05) is 106 Å². The molecule has 0 aliphatic rings. The first-order valence-corrected chi connectivity index (χ1v) is 12.2. The average molecular weight is 581 g/mol. The summed E-state index contributed by atoms with van der Waals surface area (Å²) in [6.45, 7) is 28.6. The van der Waals surface area contributed by atoms with Gasteiger partial charge in [-0.3, -0.25) is 4.79 Å². The number of carboxylic acid groups (broad SMARTS) is 2. The van der Waals surface area contributed by atoms with Gasteiger partial charge in [-0.05, 0) is 44.4 Å². The molecule has 0 bridgehead atoms. The number of carbonyl (C=O) groups excluding carboxylic acids is 2. The maximum atomic E-state index is 10.2. The Balaban J connectivity index is -0.000000210. The van der Waals surface area contributed by atoms with E-state index >= 15 is 0 Å². The van der Waals surface area contributed by atoms with E-state index in [4.69, 9.17) is 10.2 Å². The summed E-state index contributed by atoms with van der Waals surface area (Å²) in [6.07, 6.45) is 3.80. The molecule has 0 atom stereocenters. The minimum atomic E-state index is -0.981. The lowest BCUT2D eigenvalue weighted by atomic mass is 10.1. The van der Waals surface area contributed by atoms with Crippen molar-refractivity contribution in [3.8, 4) is 0 Å². The van der Waals surface area contributed by atoms with E-state index in [1.54, 1.807) is 6.92 Å². The zero-order valence-electron chi connectivity index (χ0n) is 25.5. The number of ether oxygens (including phenoxy) is 2. The molecular weight excluding hydrogens is 536 g/mol. The second kappa shape index (κ2) is 28.8. The standard InChI is InChI=1S/2C9H10.C5H8O2.2C4H6O2.C3H4O2/c1-8(2)9-6-4-3-5-7-9;1-3-9-7-5-4-6-8(9)2;1-4(2)5(6)7-3;1-3-6-4(2)5;1-3(2)4(5)6;1-2-3(4)5/h2*3-7H,1H2,2H3;1H2,2-3H3;3H,1H2,2H3;1H2,2H3,(H,5,6);2H,1H2,(H,4,5). The second-order valence-corrected chi connectivity index (χ2v) is 7.88. The van der Waals surface area contributed by atoms with Crippen LogP contribution in [0.4, 0.5) is 0 Å². The third-order valence-electron chi connectivity index (χ3n) is 4.00. The van der Waals surface area contributed by atoms with Gasteiger partial charge in [-0.25, -0.2) is 14.4 Å². The fraction of sp³-hybridized carbons (Fsp3) is 0.176. The molecule has 0 aliphatic carbocycles. The van der Waals surface area contributed by atoms with Crippen molar-refractivity contribution in [2.45, 2.75) is 34.6 Å². The van der Waals surface area contributed by atoms with Crippen LogP contribution in [0.3, 0.4) is 0 Å². The first-order valence-electron chi connectivity index (χ1n) is 12.2. The molecule has 42 heavy (non-hydrogen) atoms. The van der Waals surface area contributed by atoms with Crippen LogP contribution in [0, 0.1) is 6.92 Å². The van der Waals surface area contributed by atoms with Crippen molar-refractivity contribution in [1.82, 2.24) is 0 Å². The van der Waals surface area contributed by atoms with Crippen LogP contribution in [0.1, 0.15) is 44.4 Å². The van der Waals surface area contributed by atoms with Gasteiger partial charge in [-0.15, -0.1) is 0 Å². The Morgan fingerprint density at radius 2 is 1.19 bits per heavy atom. The van der Waals surface area contributed by atoms with E-state index in [1.807, 2.05) is 43.3 Å². The summed E-state index contributed by atoms with van der Waals surface area (Å²) in [7, 11) is 1.33. The predicted octanol–water partition coefficient (Wildman–Crippen LogP) is 7.69. The van der Waals surface area contributed by atoms with Gasteiger partial charge < -0.3 is 19.7 Å². The van der Waals surface area contributed by atoms with Crippen LogP contribution in [0.2, 0.25) is 0 Å². The summed E-state index contributed by atoms with van der Waals surface area (Å²) in [5, 5.41) is 15.5. The molecule has 0 aromatic heterocycles. The first kappa shape index (κ1) is 43.8. The molecule has 0 heterocycles. The molecule has 2 aromatic rings. The molecule has 0 saturated carbocycles. The highest BCUT2D eigenvalue weighted by atomic mass is 16.5. The molecule has 2 N–H and O–H groups in total.